The Hall–Kier alpha value is -3.39. The number of sulfonamides is 1. The predicted molar refractivity (Wildman–Crippen MR) is 116 cm³/mol. The van der Waals surface area contributed by atoms with E-state index in [0.29, 0.717) is 23.3 Å². The molecule has 0 atom stereocenters. The number of fused-ring (bicyclic) bond motifs is 1. The second-order valence-electron chi connectivity index (χ2n) is 7.00. The molecule has 0 amide bonds. The standard InChI is InChI=1S/C22H20FN3O3S/c1-29-20-8-4-6-15(21(20)23)9-17-13-25-22-19(17)11-16(12-24-22)14-5-3-7-18(10-14)26-30(2,27)28/h3-8,10-13,26H,9H2,1-2H3,(H,24,25). The van der Waals surface area contributed by atoms with Crippen molar-refractivity contribution in [3.8, 4) is 16.9 Å². The molecular weight excluding hydrogens is 405 g/mol. The van der Waals surface area contributed by atoms with Crippen LogP contribution in [-0.4, -0.2) is 31.8 Å². The highest BCUT2D eigenvalue weighted by atomic mass is 32.2. The van der Waals surface area contributed by atoms with Gasteiger partial charge in [0.1, 0.15) is 5.65 Å². The number of methoxy groups -OCH3 is 1. The monoisotopic (exact) mass is 425 g/mol. The van der Waals surface area contributed by atoms with Gasteiger partial charge in [0.05, 0.1) is 13.4 Å². The molecule has 8 heteroatoms. The Bertz CT molecular complexity index is 1330. The summed E-state index contributed by atoms with van der Waals surface area (Å²) in [4.78, 5) is 7.59. The zero-order valence-corrected chi connectivity index (χ0v) is 17.3. The SMILES string of the molecule is COc1cccc(Cc2c[nH]c3ncc(-c4cccc(NS(C)(=O)=O)c4)cc23)c1F. The number of anilines is 1. The number of pyridine rings is 1. The van der Waals surface area contributed by atoms with Crippen molar-refractivity contribution in [3.63, 3.8) is 0 Å². The van der Waals surface area contributed by atoms with Crippen LogP contribution in [0.2, 0.25) is 0 Å². The molecule has 0 aliphatic carbocycles. The zero-order chi connectivity index (χ0) is 21.3. The maximum absolute atomic E-state index is 14.6. The van der Waals surface area contributed by atoms with Gasteiger partial charge >= 0.3 is 0 Å². The second kappa shape index (κ2) is 7.79. The number of hydrogen-bond acceptors (Lipinski definition) is 4. The number of halogens is 1. The molecule has 0 unspecified atom stereocenters. The molecule has 0 saturated carbocycles. The summed E-state index contributed by atoms with van der Waals surface area (Å²) >= 11 is 0. The van der Waals surface area contributed by atoms with Crippen LogP contribution in [0, 0.1) is 5.82 Å². The van der Waals surface area contributed by atoms with E-state index in [9.17, 15) is 12.8 Å². The summed E-state index contributed by atoms with van der Waals surface area (Å²) in [5.41, 5.74) is 4.24. The minimum Gasteiger partial charge on any atom is -0.494 e. The van der Waals surface area contributed by atoms with Gasteiger partial charge in [0.25, 0.3) is 0 Å². The van der Waals surface area contributed by atoms with Gasteiger partial charge in [0, 0.05) is 35.5 Å². The molecule has 0 spiro atoms. The molecule has 0 aliphatic rings. The second-order valence-corrected chi connectivity index (χ2v) is 8.75. The fraction of sp³-hybridized carbons (Fsp3) is 0.136. The molecule has 2 heterocycles. The molecule has 0 radical (unpaired) electrons. The molecule has 2 aromatic heterocycles. The molecule has 2 aromatic carbocycles. The van der Waals surface area contributed by atoms with Gasteiger partial charge < -0.3 is 9.72 Å². The van der Waals surface area contributed by atoms with Crippen molar-refractivity contribution >= 4 is 26.7 Å². The van der Waals surface area contributed by atoms with E-state index in [-0.39, 0.29) is 11.6 Å². The molecular formula is C22H20FN3O3S. The number of ether oxygens (including phenoxy) is 1. The Morgan fingerprint density at radius 3 is 2.67 bits per heavy atom. The van der Waals surface area contributed by atoms with Gasteiger partial charge in [-0.05, 0) is 41.0 Å². The lowest BCUT2D eigenvalue weighted by molar-refractivity contribution is 0.384. The van der Waals surface area contributed by atoms with Gasteiger partial charge in [-0.25, -0.2) is 17.8 Å². The van der Waals surface area contributed by atoms with Crippen LogP contribution in [0.5, 0.6) is 5.75 Å². The van der Waals surface area contributed by atoms with E-state index in [0.717, 1.165) is 28.3 Å². The molecule has 2 N–H and O–H groups in total. The Kier molecular flexibility index (Phi) is 5.17. The molecule has 0 bridgehead atoms. The number of aromatic amines is 1. The fourth-order valence-corrected chi connectivity index (χ4v) is 3.95. The van der Waals surface area contributed by atoms with Gasteiger partial charge in [0.15, 0.2) is 11.6 Å². The molecule has 4 rings (SSSR count). The number of nitrogens with zero attached hydrogens (tertiary/aromatic N) is 1. The van der Waals surface area contributed by atoms with E-state index >= 15 is 0 Å². The van der Waals surface area contributed by atoms with Crippen LogP contribution in [0.1, 0.15) is 11.1 Å². The molecule has 0 aliphatic heterocycles. The zero-order valence-electron chi connectivity index (χ0n) is 16.4. The summed E-state index contributed by atoms with van der Waals surface area (Å²) in [5.74, 6) is -0.167. The minimum atomic E-state index is -3.37. The van der Waals surface area contributed by atoms with E-state index in [1.54, 1.807) is 42.6 Å². The fourth-order valence-electron chi connectivity index (χ4n) is 3.39. The maximum Gasteiger partial charge on any atom is 0.229 e. The van der Waals surface area contributed by atoms with Crippen LogP contribution in [0.4, 0.5) is 10.1 Å². The number of aromatic nitrogens is 2. The minimum absolute atomic E-state index is 0.210. The predicted octanol–water partition coefficient (Wildman–Crippen LogP) is 4.34. The highest BCUT2D eigenvalue weighted by molar-refractivity contribution is 7.92. The first-order chi connectivity index (χ1) is 14.3. The molecule has 4 aromatic rings. The number of H-pyrrole nitrogens is 1. The number of hydrogen-bond donors (Lipinski definition) is 2. The van der Waals surface area contributed by atoms with Crippen molar-refractivity contribution in [3.05, 3.63) is 77.9 Å². The van der Waals surface area contributed by atoms with Crippen molar-refractivity contribution in [2.24, 2.45) is 0 Å². The largest absolute Gasteiger partial charge is 0.494 e. The van der Waals surface area contributed by atoms with Gasteiger partial charge in [-0.15, -0.1) is 0 Å². The molecule has 6 nitrogen and oxygen atoms in total. The Balaban J connectivity index is 1.71. The average molecular weight is 425 g/mol. The Morgan fingerprint density at radius 2 is 1.90 bits per heavy atom. The van der Waals surface area contributed by atoms with Gasteiger partial charge in [-0.2, -0.15) is 0 Å². The van der Waals surface area contributed by atoms with Crippen LogP contribution >= 0.6 is 0 Å². The number of rotatable bonds is 6. The lowest BCUT2D eigenvalue weighted by Gasteiger charge is -2.08. The van der Waals surface area contributed by atoms with E-state index in [1.807, 2.05) is 18.3 Å². The average Bonchev–Trinajstić information content (AvgIpc) is 3.10. The van der Waals surface area contributed by atoms with Crippen LogP contribution in [0.3, 0.4) is 0 Å². The molecule has 30 heavy (non-hydrogen) atoms. The van der Waals surface area contributed by atoms with Crippen molar-refractivity contribution in [1.29, 1.82) is 0 Å². The normalized spacial score (nSPS) is 11.6. The van der Waals surface area contributed by atoms with Crippen molar-refractivity contribution in [2.45, 2.75) is 6.42 Å². The summed E-state index contributed by atoms with van der Waals surface area (Å²) in [7, 11) is -1.93. The Labute approximate surface area is 173 Å². The van der Waals surface area contributed by atoms with E-state index in [1.165, 1.54) is 7.11 Å². The van der Waals surface area contributed by atoms with Crippen LogP contribution < -0.4 is 9.46 Å². The number of benzene rings is 2. The quantitative estimate of drug-likeness (QED) is 0.481. The lowest BCUT2D eigenvalue weighted by atomic mass is 10.0. The topological polar surface area (TPSA) is 84.1 Å². The Morgan fingerprint density at radius 1 is 1.10 bits per heavy atom. The maximum atomic E-state index is 14.6. The summed E-state index contributed by atoms with van der Waals surface area (Å²) in [6.07, 6.45) is 5.03. The third-order valence-electron chi connectivity index (χ3n) is 4.76. The van der Waals surface area contributed by atoms with Gasteiger partial charge in [-0.1, -0.05) is 24.3 Å². The van der Waals surface area contributed by atoms with E-state index in [4.69, 9.17) is 4.74 Å². The third kappa shape index (κ3) is 4.13. The third-order valence-corrected chi connectivity index (χ3v) is 5.37. The highest BCUT2D eigenvalue weighted by Crippen LogP contribution is 2.29. The van der Waals surface area contributed by atoms with Crippen molar-refractivity contribution < 1.29 is 17.5 Å². The summed E-state index contributed by atoms with van der Waals surface area (Å²) in [6, 6.07) is 14.1. The van der Waals surface area contributed by atoms with Crippen molar-refractivity contribution in [2.75, 3.05) is 18.1 Å². The first kappa shape index (κ1) is 19.9. The first-order valence-corrected chi connectivity index (χ1v) is 11.1. The summed E-state index contributed by atoms with van der Waals surface area (Å²) in [5, 5.41) is 0.871. The molecule has 0 saturated heterocycles. The molecule has 0 fully saturated rings. The van der Waals surface area contributed by atoms with Crippen LogP contribution in [0.15, 0.2) is 60.9 Å². The van der Waals surface area contributed by atoms with Gasteiger partial charge in [-0.3, -0.25) is 4.72 Å². The highest BCUT2D eigenvalue weighted by Gasteiger charge is 2.13. The molecule has 154 valence electrons. The van der Waals surface area contributed by atoms with Crippen LogP contribution in [0.25, 0.3) is 22.2 Å². The smallest absolute Gasteiger partial charge is 0.229 e. The van der Waals surface area contributed by atoms with Crippen LogP contribution in [-0.2, 0) is 16.4 Å². The van der Waals surface area contributed by atoms with E-state index < -0.39 is 10.0 Å². The lowest BCUT2D eigenvalue weighted by Crippen LogP contribution is -2.09. The summed E-state index contributed by atoms with van der Waals surface area (Å²) in [6.45, 7) is 0. The van der Waals surface area contributed by atoms with E-state index in [2.05, 4.69) is 14.7 Å². The number of nitrogens with one attached hydrogen (secondary N) is 2. The summed E-state index contributed by atoms with van der Waals surface area (Å²) < 4.78 is 45.2. The first-order valence-electron chi connectivity index (χ1n) is 9.19. The van der Waals surface area contributed by atoms with Crippen molar-refractivity contribution in [1.82, 2.24) is 9.97 Å². The van der Waals surface area contributed by atoms with Gasteiger partial charge in [0.2, 0.25) is 10.0 Å².